The summed E-state index contributed by atoms with van der Waals surface area (Å²) in [6, 6.07) is 10.5. The Labute approximate surface area is 118 Å². The molecule has 0 bridgehead atoms. The Morgan fingerprint density at radius 3 is 2.70 bits per heavy atom. The third kappa shape index (κ3) is 2.15. The Balaban J connectivity index is 1.89. The predicted octanol–water partition coefficient (Wildman–Crippen LogP) is 1.90. The van der Waals surface area contributed by atoms with Crippen molar-refractivity contribution in [3.63, 3.8) is 0 Å². The fraction of sp³-hybridized carbons (Fsp3) is 0.333. The van der Waals surface area contributed by atoms with Gasteiger partial charge in [0.05, 0.1) is 18.3 Å². The summed E-state index contributed by atoms with van der Waals surface area (Å²) in [7, 11) is 0. The first kappa shape index (κ1) is 12.7. The lowest BCUT2D eigenvalue weighted by Crippen LogP contribution is -2.35. The van der Waals surface area contributed by atoms with Crippen LogP contribution >= 0.6 is 0 Å². The zero-order valence-electron chi connectivity index (χ0n) is 11.8. The Bertz CT molecular complexity index is 609. The van der Waals surface area contributed by atoms with Gasteiger partial charge < -0.3 is 10.6 Å². The van der Waals surface area contributed by atoms with Gasteiger partial charge in [-0.3, -0.25) is 10.1 Å². The van der Waals surface area contributed by atoms with Gasteiger partial charge in [-0.2, -0.15) is 5.10 Å². The second-order valence-corrected chi connectivity index (χ2v) is 5.18. The van der Waals surface area contributed by atoms with Crippen LogP contribution in [-0.2, 0) is 6.54 Å². The van der Waals surface area contributed by atoms with Crippen molar-refractivity contribution in [3.05, 3.63) is 52.8 Å². The Morgan fingerprint density at radius 1 is 1.30 bits per heavy atom. The second kappa shape index (κ2) is 5.00. The fourth-order valence-corrected chi connectivity index (χ4v) is 2.80. The number of nitrogens with zero attached hydrogens (tertiary/aromatic N) is 3. The highest BCUT2D eigenvalue weighted by molar-refractivity contribution is 5.80. The molecule has 2 heterocycles. The number of aryl methyl sites for hydroxylation is 2. The number of rotatable bonds is 3. The van der Waals surface area contributed by atoms with Crippen molar-refractivity contribution in [2.75, 3.05) is 6.54 Å². The molecule has 0 fully saturated rings. The van der Waals surface area contributed by atoms with E-state index in [1.165, 1.54) is 11.1 Å². The summed E-state index contributed by atoms with van der Waals surface area (Å²) in [5.74, 6) is 0.610. The van der Waals surface area contributed by atoms with Crippen molar-refractivity contribution >= 4 is 5.96 Å². The van der Waals surface area contributed by atoms with E-state index in [0.29, 0.717) is 12.5 Å². The van der Waals surface area contributed by atoms with E-state index in [2.05, 4.69) is 32.2 Å². The molecular weight excluding hydrogens is 250 g/mol. The summed E-state index contributed by atoms with van der Waals surface area (Å²) in [4.78, 5) is 6.57. The zero-order valence-corrected chi connectivity index (χ0v) is 11.8. The second-order valence-electron chi connectivity index (χ2n) is 5.18. The third-order valence-corrected chi connectivity index (χ3v) is 3.81. The highest BCUT2D eigenvalue weighted by atomic mass is 15.3. The average molecular weight is 269 g/mol. The number of guanidine groups is 1. The molecule has 3 rings (SSSR count). The molecule has 0 radical (unpaired) electrons. The fourth-order valence-electron chi connectivity index (χ4n) is 2.80. The van der Waals surface area contributed by atoms with Crippen LogP contribution < -0.4 is 5.73 Å². The summed E-state index contributed by atoms with van der Waals surface area (Å²) >= 11 is 0. The molecule has 0 saturated carbocycles. The van der Waals surface area contributed by atoms with E-state index in [0.717, 1.165) is 17.9 Å². The molecule has 0 aliphatic carbocycles. The molecule has 1 atom stereocenters. The van der Waals surface area contributed by atoms with Gasteiger partial charge in [0.15, 0.2) is 5.96 Å². The van der Waals surface area contributed by atoms with Gasteiger partial charge in [-0.05, 0) is 19.4 Å². The molecule has 5 nitrogen and oxygen atoms in total. The lowest BCUT2D eigenvalue weighted by Gasteiger charge is -2.26. The van der Waals surface area contributed by atoms with Crippen molar-refractivity contribution in [1.82, 2.24) is 15.1 Å². The minimum atomic E-state index is 0.175. The third-order valence-electron chi connectivity index (χ3n) is 3.81. The first-order valence-corrected chi connectivity index (χ1v) is 6.78. The van der Waals surface area contributed by atoms with Gasteiger partial charge in [0, 0.05) is 17.8 Å². The molecule has 1 aromatic heterocycles. The van der Waals surface area contributed by atoms with Gasteiger partial charge in [0.25, 0.3) is 0 Å². The number of benzene rings is 1. The molecule has 1 aromatic carbocycles. The van der Waals surface area contributed by atoms with E-state index in [4.69, 9.17) is 5.73 Å². The van der Waals surface area contributed by atoms with Gasteiger partial charge in [0.2, 0.25) is 0 Å². The molecule has 0 amide bonds. The maximum atomic E-state index is 6.07. The topological polar surface area (TPSA) is 70.3 Å². The van der Waals surface area contributed by atoms with Crippen LogP contribution in [0.3, 0.4) is 0 Å². The van der Waals surface area contributed by atoms with Crippen LogP contribution in [0.25, 0.3) is 0 Å². The summed E-state index contributed by atoms with van der Waals surface area (Å²) in [6.07, 6.45) is 0. The molecule has 20 heavy (non-hydrogen) atoms. The maximum Gasteiger partial charge on any atom is 0.192 e. The van der Waals surface area contributed by atoms with Crippen molar-refractivity contribution in [2.24, 2.45) is 10.7 Å². The molecule has 1 unspecified atom stereocenters. The number of aliphatic imine (C=N–C) groups is 1. The van der Waals surface area contributed by atoms with E-state index in [-0.39, 0.29) is 6.04 Å². The quantitative estimate of drug-likeness (QED) is 0.894. The van der Waals surface area contributed by atoms with Gasteiger partial charge in [0.1, 0.15) is 0 Å². The normalized spacial score (nSPS) is 18.4. The summed E-state index contributed by atoms with van der Waals surface area (Å²) in [5, 5.41) is 7.33. The zero-order chi connectivity index (χ0) is 14.1. The van der Waals surface area contributed by atoms with E-state index in [1.54, 1.807) is 0 Å². The lowest BCUT2D eigenvalue weighted by molar-refractivity contribution is 0.338. The molecule has 5 heteroatoms. The van der Waals surface area contributed by atoms with Crippen LogP contribution in [0.5, 0.6) is 0 Å². The van der Waals surface area contributed by atoms with E-state index >= 15 is 0 Å². The average Bonchev–Trinajstić information content (AvgIpc) is 2.96. The number of nitrogens with two attached hydrogens (primary N) is 1. The Kier molecular flexibility index (Phi) is 3.18. The Morgan fingerprint density at radius 2 is 2.05 bits per heavy atom. The van der Waals surface area contributed by atoms with Crippen LogP contribution in [0.2, 0.25) is 0 Å². The molecule has 104 valence electrons. The van der Waals surface area contributed by atoms with Crippen LogP contribution in [-0.4, -0.2) is 27.6 Å². The molecule has 0 saturated heterocycles. The van der Waals surface area contributed by atoms with E-state index < -0.39 is 0 Å². The molecular formula is C15H19N5. The highest BCUT2D eigenvalue weighted by Gasteiger charge is 2.30. The number of H-pyrrole nitrogens is 1. The van der Waals surface area contributed by atoms with Crippen LogP contribution in [0.1, 0.15) is 28.6 Å². The van der Waals surface area contributed by atoms with Gasteiger partial charge in [-0.1, -0.05) is 30.3 Å². The highest BCUT2D eigenvalue weighted by Crippen LogP contribution is 2.30. The van der Waals surface area contributed by atoms with Gasteiger partial charge >= 0.3 is 0 Å². The van der Waals surface area contributed by atoms with Crippen LogP contribution in [0, 0.1) is 13.8 Å². The van der Waals surface area contributed by atoms with Gasteiger partial charge in [-0.15, -0.1) is 0 Å². The summed E-state index contributed by atoms with van der Waals surface area (Å²) in [6.45, 7) is 5.53. The standard InChI is InChI=1S/C15H19N5/c1-10-14(11(2)19-18-10)13-8-17-15(16)20(13)9-12-6-4-3-5-7-12/h3-7,13H,8-9H2,1-2H3,(H2,16,17)(H,18,19). The van der Waals surface area contributed by atoms with E-state index in [1.807, 2.05) is 32.0 Å². The number of aromatic nitrogens is 2. The minimum absolute atomic E-state index is 0.175. The number of hydrogen-bond acceptors (Lipinski definition) is 4. The van der Waals surface area contributed by atoms with Crippen molar-refractivity contribution in [1.29, 1.82) is 0 Å². The number of aromatic amines is 1. The first-order valence-electron chi connectivity index (χ1n) is 6.78. The molecule has 1 aliphatic rings. The molecule has 0 spiro atoms. The minimum Gasteiger partial charge on any atom is -0.370 e. The summed E-state index contributed by atoms with van der Waals surface area (Å²) < 4.78 is 0. The smallest absolute Gasteiger partial charge is 0.192 e. The first-order chi connectivity index (χ1) is 9.66. The predicted molar refractivity (Wildman–Crippen MR) is 79.3 cm³/mol. The van der Waals surface area contributed by atoms with Crippen LogP contribution in [0.4, 0.5) is 0 Å². The largest absolute Gasteiger partial charge is 0.370 e. The monoisotopic (exact) mass is 269 g/mol. The SMILES string of the molecule is Cc1n[nH]c(C)c1C1CN=C(N)N1Cc1ccccc1. The number of nitrogens with one attached hydrogen (secondary N) is 1. The van der Waals surface area contributed by atoms with Gasteiger partial charge in [-0.25, -0.2) is 0 Å². The van der Waals surface area contributed by atoms with Crippen LogP contribution in [0.15, 0.2) is 35.3 Å². The molecule has 3 N–H and O–H groups in total. The van der Waals surface area contributed by atoms with Crippen molar-refractivity contribution in [3.8, 4) is 0 Å². The lowest BCUT2D eigenvalue weighted by atomic mass is 10.0. The van der Waals surface area contributed by atoms with Crippen molar-refractivity contribution < 1.29 is 0 Å². The van der Waals surface area contributed by atoms with Crippen molar-refractivity contribution in [2.45, 2.75) is 26.4 Å². The Hall–Kier alpha value is -2.30. The maximum absolute atomic E-state index is 6.07. The number of hydrogen-bond donors (Lipinski definition) is 2. The van der Waals surface area contributed by atoms with E-state index in [9.17, 15) is 0 Å². The molecule has 2 aromatic rings. The molecule has 1 aliphatic heterocycles. The summed E-state index contributed by atoms with van der Waals surface area (Å²) in [5.41, 5.74) is 10.6.